The highest BCUT2D eigenvalue weighted by Crippen LogP contribution is 2.10. The molecule has 0 aliphatic rings. The molecule has 2 amide bonds. The standard InChI is InChI=1S/C13H16N2O4/c1-9(16)7-8-14-13(18)15-11-5-3-10(4-6-11)12(17)19-2/h3-6H,7-8H2,1-2H3,(H2,14,15,18). The van der Waals surface area contributed by atoms with E-state index in [1.54, 1.807) is 24.3 Å². The molecular weight excluding hydrogens is 248 g/mol. The van der Waals surface area contributed by atoms with Crippen molar-refractivity contribution in [3.05, 3.63) is 29.8 Å². The van der Waals surface area contributed by atoms with E-state index in [4.69, 9.17) is 0 Å². The summed E-state index contributed by atoms with van der Waals surface area (Å²) in [6.45, 7) is 1.76. The Labute approximate surface area is 111 Å². The molecule has 0 saturated heterocycles. The Balaban J connectivity index is 2.46. The molecule has 0 heterocycles. The number of hydrogen-bond acceptors (Lipinski definition) is 4. The maximum Gasteiger partial charge on any atom is 0.337 e. The highest BCUT2D eigenvalue weighted by Gasteiger charge is 2.06. The zero-order chi connectivity index (χ0) is 14.3. The molecule has 0 aliphatic carbocycles. The topological polar surface area (TPSA) is 84.5 Å². The van der Waals surface area contributed by atoms with Crippen LogP contribution in [0.25, 0.3) is 0 Å². The van der Waals surface area contributed by atoms with Gasteiger partial charge in [0.05, 0.1) is 12.7 Å². The molecule has 0 fully saturated rings. The normalized spacial score (nSPS) is 9.58. The van der Waals surface area contributed by atoms with E-state index < -0.39 is 12.0 Å². The smallest absolute Gasteiger partial charge is 0.337 e. The van der Waals surface area contributed by atoms with Gasteiger partial charge in [0.2, 0.25) is 0 Å². The first-order valence-corrected chi connectivity index (χ1v) is 5.75. The predicted molar refractivity (Wildman–Crippen MR) is 70.1 cm³/mol. The molecule has 0 aromatic heterocycles. The molecule has 102 valence electrons. The third-order valence-electron chi connectivity index (χ3n) is 2.33. The van der Waals surface area contributed by atoms with Gasteiger partial charge in [0.15, 0.2) is 0 Å². The van der Waals surface area contributed by atoms with Gasteiger partial charge in [-0.3, -0.25) is 4.79 Å². The van der Waals surface area contributed by atoms with Crippen LogP contribution in [0.4, 0.5) is 10.5 Å². The molecule has 19 heavy (non-hydrogen) atoms. The van der Waals surface area contributed by atoms with Crippen molar-refractivity contribution in [2.24, 2.45) is 0 Å². The lowest BCUT2D eigenvalue weighted by molar-refractivity contribution is -0.116. The van der Waals surface area contributed by atoms with Crippen LogP contribution in [-0.4, -0.2) is 31.4 Å². The third-order valence-corrected chi connectivity index (χ3v) is 2.33. The lowest BCUT2D eigenvalue weighted by Crippen LogP contribution is -2.30. The van der Waals surface area contributed by atoms with Crippen molar-refractivity contribution >= 4 is 23.5 Å². The van der Waals surface area contributed by atoms with E-state index in [-0.39, 0.29) is 5.78 Å². The summed E-state index contributed by atoms with van der Waals surface area (Å²) < 4.78 is 4.56. The Morgan fingerprint density at radius 3 is 2.32 bits per heavy atom. The molecule has 0 saturated carbocycles. The van der Waals surface area contributed by atoms with Crippen LogP contribution < -0.4 is 10.6 Å². The van der Waals surface area contributed by atoms with Gasteiger partial charge < -0.3 is 15.4 Å². The minimum Gasteiger partial charge on any atom is -0.465 e. The van der Waals surface area contributed by atoms with Gasteiger partial charge >= 0.3 is 12.0 Å². The van der Waals surface area contributed by atoms with E-state index in [1.807, 2.05) is 0 Å². The largest absolute Gasteiger partial charge is 0.465 e. The van der Waals surface area contributed by atoms with Gasteiger partial charge in [-0.1, -0.05) is 0 Å². The summed E-state index contributed by atoms with van der Waals surface area (Å²) in [7, 11) is 1.30. The molecule has 1 rings (SSSR count). The summed E-state index contributed by atoms with van der Waals surface area (Å²) in [4.78, 5) is 33.3. The summed E-state index contributed by atoms with van der Waals surface area (Å²) in [6, 6.07) is 5.90. The van der Waals surface area contributed by atoms with Gasteiger partial charge in [0, 0.05) is 18.7 Å². The van der Waals surface area contributed by atoms with E-state index in [1.165, 1.54) is 14.0 Å². The molecule has 0 spiro atoms. The molecule has 6 nitrogen and oxygen atoms in total. The van der Waals surface area contributed by atoms with Crippen molar-refractivity contribution in [1.29, 1.82) is 0 Å². The predicted octanol–water partition coefficient (Wildman–Crippen LogP) is 1.57. The number of nitrogens with one attached hydrogen (secondary N) is 2. The maximum atomic E-state index is 11.4. The number of Topliss-reactive ketones (excluding diaryl/α,β-unsaturated/α-hetero) is 1. The summed E-state index contributed by atoms with van der Waals surface area (Å²) in [5, 5.41) is 5.13. The third kappa shape index (κ3) is 5.20. The molecule has 0 radical (unpaired) electrons. The van der Waals surface area contributed by atoms with Gasteiger partial charge in [0.25, 0.3) is 0 Å². The zero-order valence-electron chi connectivity index (χ0n) is 10.9. The van der Waals surface area contributed by atoms with Crippen molar-refractivity contribution in [3.63, 3.8) is 0 Å². The molecule has 2 N–H and O–H groups in total. The number of urea groups is 1. The SMILES string of the molecule is COC(=O)c1ccc(NC(=O)NCCC(C)=O)cc1. The van der Waals surface area contributed by atoms with Gasteiger partial charge in [-0.25, -0.2) is 9.59 Å². The molecule has 6 heteroatoms. The van der Waals surface area contributed by atoms with E-state index in [2.05, 4.69) is 15.4 Å². The average Bonchev–Trinajstić information content (AvgIpc) is 2.38. The van der Waals surface area contributed by atoms with Crippen LogP contribution in [-0.2, 0) is 9.53 Å². The molecule has 1 aromatic carbocycles. The monoisotopic (exact) mass is 264 g/mol. The molecule has 0 bridgehead atoms. The summed E-state index contributed by atoms with van der Waals surface area (Å²) in [5.74, 6) is -0.416. The van der Waals surface area contributed by atoms with Crippen LogP contribution in [0.5, 0.6) is 0 Å². The number of benzene rings is 1. The summed E-state index contributed by atoms with van der Waals surface area (Å²) in [5.41, 5.74) is 0.956. The number of carbonyl (C=O) groups is 3. The Kier molecular flexibility index (Phi) is 5.53. The minimum atomic E-state index is -0.433. The number of ether oxygens (including phenoxy) is 1. The summed E-state index contributed by atoms with van der Waals surface area (Å²) in [6.07, 6.45) is 0.300. The van der Waals surface area contributed by atoms with Crippen molar-refractivity contribution < 1.29 is 19.1 Å². The second kappa shape index (κ2) is 7.15. The summed E-state index contributed by atoms with van der Waals surface area (Å²) >= 11 is 0. The van der Waals surface area contributed by atoms with Crippen LogP contribution in [0.2, 0.25) is 0 Å². The lowest BCUT2D eigenvalue weighted by atomic mass is 10.2. The second-order valence-electron chi connectivity index (χ2n) is 3.90. The molecule has 0 unspecified atom stereocenters. The molecule has 0 atom stereocenters. The molecule has 1 aromatic rings. The first-order valence-electron chi connectivity index (χ1n) is 5.75. The number of ketones is 1. The highest BCUT2D eigenvalue weighted by molar-refractivity contribution is 5.92. The van der Waals surface area contributed by atoms with Crippen LogP contribution in [0, 0.1) is 0 Å². The van der Waals surface area contributed by atoms with Crippen LogP contribution in [0.3, 0.4) is 0 Å². The van der Waals surface area contributed by atoms with Gasteiger partial charge in [-0.05, 0) is 31.2 Å². The highest BCUT2D eigenvalue weighted by atomic mass is 16.5. The van der Waals surface area contributed by atoms with Crippen molar-refractivity contribution in [3.8, 4) is 0 Å². The fraction of sp³-hybridized carbons (Fsp3) is 0.308. The zero-order valence-corrected chi connectivity index (χ0v) is 10.9. The maximum absolute atomic E-state index is 11.4. The molecule has 0 aliphatic heterocycles. The number of methoxy groups -OCH3 is 1. The van der Waals surface area contributed by atoms with Crippen molar-refractivity contribution in [1.82, 2.24) is 5.32 Å². The van der Waals surface area contributed by atoms with E-state index in [0.29, 0.717) is 24.2 Å². The van der Waals surface area contributed by atoms with Gasteiger partial charge in [0.1, 0.15) is 5.78 Å². The Morgan fingerprint density at radius 1 is 1.16 bits per heavy atom. The minimum absolute atomic E-state index is 0.0164. The fourth-order valence-corrected chi connectivity index (χ4v) is 1.33. The fourth-order valence-electron chi connectivity index (χ4n) is 1.33. The Bertz CT molecular complexity index is 468. The number of hydrogen-bond donors (Lipinski definition) is 2. The number of carbonyl (C=O) groups excluding carboxylic acids is 3. The van der Waals surface area contributed by atoms with Gasteiger partial charge in [-0.15, -0.1) is 0 Å². The van der Waals surface area contributed by atoms with Crippen molar-refractivity contribution in [2.45, 2.75) is 13.3 Å². The van der Waals surface area contributed by atoms with Crippen molar-refractivity contribution in [2.75, 3.05) is 19.0 Å². The number of rotatable bonds is 5. The second-order valence-corrected chi connectivity index (χ2v) is 3.90. The lowest BCUT2D eigenvalue weighted by Gasteiger charge is -2.07. The first kappa shape index (κ1) is 14.7. The number of amides is 2. The van der Waals surface area contributed by atoms with E-state index >= 15 is 0 Å². The first-order chi connectivity index (χ1) is 9.02. The van der Waals surface area contributed by atoms with E-state index in [9.17, 15) is 14.4 Å². The number of esters is 1. The average molecular weight is 264 g/mol. The van der Waals surface area contributed by atoms with Gasteiger partial charge in [-0.2, -0.15) is 0 Å². The van der Waals surface area contributed by atoms with E-state index in [0.717, 1.165) is 0 Å². The Hall–Kier alpha value is -2.37. The van der Waals surface area contributed by atoms with Crippen LogP contribution in [0.1, 0.15) is 23.7 Å². The van der Waals surface area contributed by atoms with Crippen LogP contribution >= 0.6 is 0 Å². The van der Waals surface area contributed by atoms with Crippen LogP contribution in [0.15, 0.2) is 24.3 Å². The Morgan fingerprint density at radius 2 is 1.79 bits per heavy atom. The quantitative estimate of drug-likeness (QED) is 0.791. The number of anilines is 1. The molecular formula is C13H16N2O4.